The standard InChI is InChI=1S/C17H13N7O2/c1-11-5-4-8-19-14(11)12-9-26-17(22-12)23-16(25)15-20-10-21-24(15)13-6-2-3-7-18-13/h2-10H,1H3,(H,22,23,25). The molecule has 4 rings (SSSR count). The number of carbonyl (C=O) groups excluding carboxylic acids is 1. The first-order valence-electron chi connectivity index (χ1n) is 7.72. The second-order valence-corrected chi connectivity index (χ2v) is 5.34. The van der Waals surface area contributed by atoms with Crippen molar-refractivity contribution in [2.24, 2.45) is 0 Å². The number of oxazole rings is 1. The molecular weight excluding hydrogens is 334 g/mol. The molecule has 0 spiro atoms. The fourth-order valence-electron chi connectivity index (χ4n) is 2.39. The molecule has 26 heavy (non-hydrogen) atoms. The zero-order valence-corrected chi connectivity index (χ0v) is 13.7. The minimum absolute atomic E-state index is 0.0469. The Morgan fingerprint density at radius 2 is 2.00 bits per heavy atom. The second kappa shape index (κ2) is 6.55. The normalized spacial score (nSPS) is 10.7. The van der Waals surface area contributed by atoms with Gasteiger partial charge in [0, 0.05) is 12.4 Å². The number of rotatable bonds is 4. The Hall–Kier alpha value is -3.88. The molecule has 0 bridgehead atoms. The van der Waals surface area contributed by atoms with E-state index in [4.69, 9.17) is 4.42 Å². The van der Waals surface area contributed by atoms with Gasteiger partial charge in [0.25, 0.3) is 5.91 Å². The Morgan fingerprint density at radius 3 is 2.81 bits per heavy atom. The fourth-order valence-corrected chi connectivity index (χ4v) is 2.39. The topological polar surface area (TPSA) is 112 Å². The highest BCUT2D eigenvalue weighted by atomic mass is 16.4. The van der Waals surface area contributed by atoms with Crippen molar-refractivity contribution in [1.29, 1.82) is 0 Å². The van der Waals surface area contributed by atoms with E-state index >= 15 is 0 Å². The van der Waals surface area contributed by atoms with Gasteiger partial charge in [-0.05, 0) is 30.7 Å². The van der Waals surface area contributed by atoms with E-state index in [1.807, 2.05) is 19.1 Å². The molecule has 1 N–H and O–H groups in total. The van der Waals surface area contributed by atoms with Crippen molar-refractivity contribution in [3.05, 3.63) is 66.7 Å². The average molecular weight is 347 g/mol. The van der Waals surface area contributed by atoms with Crippen molar-refractivity contribution in [3.63, 3.8) is 0 Å². The van der Waals surface area contributed by atoms with Crippen LogP contribution in [0.3, 0.4) is 0 Å². The van der Waals surface area contributed by atoms with Crippen LogP contribution in [-0.2, 0) is 0 Å². The smallest absolute Gasteiger partial charge is 0.302 e. The highest BCUT2D eigenvalue weighted by molar-refractivity contribution is 6.00. The van der Waals surface area contributed by atoms with Gasteiger partial charge in [-0.1, -0.05) is 12.1 Å². The van der Waals surface area contributed by atoms with Crippen molar-refractivity contribution >= 4 is 11.9 Å². The monoisotopic (exact) mass is 347 g/mol. The summed E-state index contributed by atoms with van der Waals surface area (Å²) in [6.07, 6.45) is 6.00. The van der Waals surface area contributed by atoms with Crippen molar-refractivity contribution in [2.45, 2.75) is 6.92 Å². The third-order valence-electron chi connectivity index (χ3n) is 3.59. The number of hydrogen-bond donors (Lipinski definition) is 1. The maximum absolute atomic E-state index is 12.5. The number of amides is 1. The van der Waals surface area contributed by atoms with Crippen LogP contribution in [0.1, 0.15) is 16.2 Å². The molecule has 0 aliphatic rings. The van der Waals surface area contributed by atoms with E-state index in [0.29, 0.717) is 17.2 Å². The summed E-state index contributed by atoms with van der Waals surface area (Å²) in [5.74, 6) is 0.0316. The van der Waals surface area contributed by atoms with E-state index in [2.05, 4.69) is 30.4 Å². The molecule has 9 nitrogen and oxygen atoms in total. The van der Waals surface area contributed by atoms with E-state index in [0.717, 1.165) is 5.56 Å². The fraction of sp³-hybridized carbons (Fsp3) is 0.0588. The lowest BCUT2D eigenvalue weighted by Crippen LogP contribution is -2.18. The number of aromatic nitrogens is 6. The SMILES string of the molecule is Cc1cccnc1-c1coc(NC(=O)c2ncnn2-c2ccccn2)n1. The summed E-state index contributed by atoms with van der Waals surface area (Å²) in [7, 11) is 0. The van der Waals surface area contributed by atoms with E-state index in [-0.39, 0.29) is 11.8 Å². The number of nitrogens with zero attached hydrogens (tertiary/aromatic N) is 6. The quantitative estimate of drug-likeness (QED) is 0.602. The number of aryl methyl sites for hydroxylation is 1. The van der Waals surface area contributed by atoms with Crippen LogP contribution >= 0.6 is 0 Å². The van der Waals surface area contributed by atoms with Crippen LogP contribution < -0.4 is 5.32 Å². The summed E-state index contributed by atoms with van der Waals surface area (Å²) < 4.78 is 6.67. The van der Waals surface area contributed by atoms with Gasteiger partial charge in [0.1, 0.15) is 18.3 Å². The van der Waals surface area contributed by atoms with Gasteiger partial charge in [0.05, 0.1) is 5.69 Å². The molecule has 4 aromatic heterocycles. The molecule has 128 valence electrons. The van der Waals surface area contributed by atoms with E-state index in [9.17, 15) is 4.79 Å². The van der Waals surface area contributed by atoms with Crippen LogP contribution in [-0.4, -0.2) is 35.6 Å². The molecule has 9 heteroatoms. The second-order valence-electron chi connectivity index (χ2n) is 5.34. The average Bonchev–Trinajstić information content (AvgIpc) is 3.32. The molecule has 0 saturated carbocycles. The molecular formula is C17H13N7O2. The lowest BCUT2D eigenvalue weighted by molar-refractivity contribution is 0.101. The molecule has 0 aliphatic carbocycles. The zero-order valence-electron chi connectivity index (χ0n) is 13.7. The Bertz CT molecular complexity index is 1060. The maximum Gasteiger partial charge on any atom is 0.302 e. The number of hydrogen-bond acceptors (Lipinski definition) is 7. The van der Waals surface area contributed by atoms with Gasteiger partial charge in [-0.2, -0.15) is 14.8 Å². The Morgan fingerprint density at radius 1 is 1.12 bits per heavy atom. The summed E-state index contributed by atoms with van der Waals surface area (Å²) in [5.41, 5.74) is 2.17. The van der Waals surface area contributed by atoms with Gasteiger partial charge in [-0.3, -0.25) is 15.1 Å². The molecule has 4 aromatic rings. The van der Waals surface area contributed by atoms with Gasteiger partial charge in [0.2, 0.25) is 5.82 Å². The lowest BCUT2D eigenvalue weighted by atomic mass is 10.2. The van der Waals surface area contributed by atoms with Crippen molar-refractivity contribution in [3.8, 4) is 17.2 Å². The molecule has 0 radical (unpaired) electrons. The Balaban J connectivity index is 1.57. The van der Waals surface area contributed by atoms with Crippen LogP contribution in [0.5, 0.6) is 0 Å². The van der Waals surface area contributed by atoms with Crippen LogP contribution in [0.2, 0.25) is 0 Å². The van der Waals surface area contributed by atoms with Crippen LogP contribution in [0.4, 0.5) is 6.01 Å². The Kier molecular flexibility index (Phi) is 3.94. The number of nitrogens with one attached hydrogen (secondary N) is 1. The van der Waals surface area contributed by atoms with Gasteiger partial charge in [-0.25, -0.2) is 9.97 Å². The summed E-state index contributed by atoms with van der Waals surface area (Å²) in [5, 5.41) is 6.60. The molecule has 1 amide bonds. The highest BCUT2D eigenvalue weighted by Crippen LogP contribution is 2.21. The van der Waals surface area contributed by atoms with Crippen molar-refractivity contribution in [2.75, 3.05) is 5.32 Å². The van der Waals surface area contributed by atoms with Gasteiger partial charge < -0.3 is 4.42 Å². The summed E-state index contributed by atoms with van der Waals surface area (Å²) in [4.78, 5) is 29.2. The first-order chi connectivity index (χ1) is 12.7. The van der Waals surface area contributed by atoms with Crippen molar-refractivity contribution in [1.82, 2.24) is 29.7 Å². The number of anilines is 1. The maximum atomic E-state index is 12.5. The molecule has 0 aromatic carbocycles. The highest BCUT2D eigenvalue weighted by Gasteiger charge is 2.19. The van der Waals surface area contributed by atoms with Crippen LogP contribution in [0.15, 0.2) is 59.7 Å². The number of pyridine rings is 2. The van der Waals surface area contributed by atoms with Crippen LogP contribution in [0, 0.1) is 6.92 Å². The predicted molar refractivity (Wildman–Crippen MR) is 91.6 cm³/mol. The first kappa shape index (κ1) is 15.6. The third kappa shape index (κ3) is 2.93. The zero-order chi connectivity index (χ0) is 17.9. The van der Waals surface area contributed by atoms with Crippen molar-refractivity contribution < 1.29 is 9.21 Å². The van der Waals surface area contributed by atoms with Crippen LogP contribution in [0.25, 0.3) is 17.2 Å². The Labute approximate surface area is 147 Å². The molecule has 0 unspecified atom stereocenters. The summed E-state index contributed by atoms with van der Waals surface area (Å²) in [6, 6.07) is 9.09. The minimum atomic E-state index is -0.515. The largest absolute Gasteiger partial charge is 0.431 e. The molecule has 4 heterocycles. The summed E-state index contributed by atoms with van der Waals surface area (Å²) >= 11 is 0. The van der Waals surface area contributed by atoms with E-state index in [1.54, 1.807) is 30.6 Å². The molecule has 0 aliphatic heterocycles. The molecule has 0 atom stereocenters. The molecule has 0 fully saturated rings. The predicted octanol–water partition coefficient (Wildman–Crippen LogP) is 2.27. The summed E-state index contributed by atoms with van der Waals surface area (Å²) in [6.45, 7) is 1.92. The number of carbonyl (C=O) groups is 1. The first-order valence-corrected chi connectivity index (χ1v) is 7.72. The lowest BCUT2D eigenvalue weighted by Gasteiger charge is -2.03. The molecule has 0 saturated heterocycles. The van der Waals surface area contributed by atoms with Gasteiger partial charge >= 0.3 is 6.01 Å². The minimum Gasteiger partial charge on any atom is -0.431 e. The third-order valence-corrected chi connectivity index (χ3v) is 3.59. The van der Waals surface area contributed by atoms with Gasteiger partial charge in [0.15, 0.2) is 5.82 Å². The van der Waals surface area contributed by atoms with E-state index < -0.39 is 5.91 Å². The van der Waals surface area contributed by atoms with Gasteiger partial charge in [-0.15, -0.1) is 0 Å². The van der Waals surface area contributed by atoms with E-state index in [1.165, 1.54) is 17.3 Å².